The van der Waals surface area contributed by atoms with Crippen molar-refractivity contribution in [3.63, 3.8) is 0 Å². The first-order valence-corrected chi connectivity index (χ1v) is 5.35. The maximum absolute atomic E-state index is 11.3. The van der Waals surface area contributed by atoms with Gasteiger partial charge in [-0.2, -0.15) is 0 Å². The summed E-state index contributed by atoms with van der Waals surface area (Å²) in [6.45, 7) is 11.0. The van der Waals surface area contributed by atoms with Gasteiger partial charge in [-0.25, -0.2) is 0 Å². The second kappa shape index (κ2) is 9.56. The zero-order valence-corrected chi connectivity index (χ0v) is 10.1. The Labute approximate surface area is 83.3 Å². The molecule has 0 spiro atoms. The molecule has 0 saturated heterocycles. The molecule has 0 heterocycles. The molecule has 0 aromatic rings. The van der Waals surface area contributed by atoms with Crippen LogP contribution < -0.4 is 0 Å². The molecule has 0 saturated carbocycles. The molecule has 0 aromatic heterocycles. The van der Waals surface area contributed by atoms with Gasteiger partial charge in [0.2, 0.25) is 5.91 Å². The summed E-state index contributed by atoms with van der Waals surface area (Å²) in [6, 6.07) is 0. The molecule has 13 heavy (non-hydrogen) atoms. The lowest BCUT2D eigenvalue weighted by Crippen LogP contribution is -2.27. The van der Waals surface area contributed by atoms with Gasteiger partial charge in [0, 0.05) is 20.0 Å². The fourth-order valence-corrected chi connectivity index (χ4v) is 0.775. The SMILES string of the molecule is CC.CCC(C)CC(=O)N(C)CC. The van der Waals surface area contributed by atoms with Gasteiger partial charge in [0.1, 0.15) is 0 Å². The van der Waals surface area contributed by atoms with E-state index in [1.807, 2.05) is 27.8 Å². The summed E-state index contributed by atoms with van der Waals surface area (Å²) in [5.74, 6) is 0.790. The smallest absolute Gasteiger partial charge is 0.222 e. The summed E-state index contributed by atoms with van der Waals surface area (Å²) in [4.78, 5) is 13.0. The fourth-order valence-electron chi connectivity index (χ4n) is 0.775. The predicted molar refractivity (Wildman–Crippen MR) is 58.7 cm³/mol. The van der Waals surface area contributed by atoms with E-state index in [2.05, 4.69) is 13.8 Å². The highest BCUT2D eigenvalue weighted by Crippen LogP contribution is 2.07. The molecular weight excluding hydrogens is 162 g/mol. The van der Waals surface area contributed by atoms with Gasteiger partial charge in [-0.3, -0.25) is 4.79 Å². The van der Waals surface area contributed by atoms with E-state index in [0.29, 0.717) is 12.3 Å². The molecule has 0 aliphatic heterocycles. The van der Waals surface area contributed by atoms with Crippen molar-refractivity contribution < 1.29 is 4.79 Å². The summed E-state index contributed by atoms with van der Waals surface area (Å²) >= 11 is 0. The standard InChI is InChI=1S/C9H19NO.C2H6/c1-5-8(3)7-9(11)10(4)6-2;1-2/h8H,5-7H2,1-4H3;1-2H3. The Morgan fingerprint density at radius 3 is 2.08 bits per heavy atom. The molecule has 0 aliphatic carbocycles. The van der Waals surface area contributed by atoms with Crippen LogP contribution in [0.4, 0.5) is 0 Å². The van der Waals surface area contributed by atoms with Crippen LogP contribution >= 0.6 is 0 Å². The largest absolute Gasteiger partial charge is 0.346 e. The molecule has 1 unspecified atom stereocenters. The molecule has 0 fully saturated rings. The van der Waals surface area contributed by atoms with Crippen LogP contribution in [-0.4, -0.2) is 24.4 Å². The van der Waals surface area contributed by atoms with E-state index in [0.717, 1.165) is 13.0 Å². The van der Waals surface area contributed by atoms with E-state index in [1.54, 1.807) is 4.90 Å². The van der Waals surface area contributed by atoms with E-state index < -0.39 is 0 Å². The minimum Gasteiger partial charge on any atom is -0.346 e. The lowest BCUT2D eigenvalue weighted by Gasteiger charge is -2.16. The fraction of sp³-hybridized carbons (Fsp3) is 0.909. The van der Waals surface area contributed by atoms with Crippen LogP contribution in [0.1, 0.15) is 47.5 Å². The quantitative estimate of drug-likeness (QED) is 0.662. The topological polar surface area (TPSA) is 20.3 Å². The van der Waals surface area contributed by atoms with Crippen LogP contribution in [-0.2, 0) is 4.79 Å². The number of hydrogen-bond acceptors (Lipinski definition) is 1. The van der Waals surface area contributed by atoms with Gasteiger partial charge in [0.05, 0.1) is 0 Å². The van der Waals surface area contributed by atoms with Crippen LogP contribution in [0, 0.1) is 5.92 Å². The Morgan fingerprint density at radius 1 is 1.31 bits per heavy atom. The Morgan fingerprint density at radius 2 is 1.77 bits per heavy atom. The van der Waals surface area contributed by atoms with Crippen molar-refractivity contribution in [3.05, 3.63) is 0 Å². The highest BCUT2D eigenvalue weighted by atomic mass is 16.2. The average Bonchev–Trinajstić information content (AvgIpc) is 2.19. The zero-order valence-electron chi connectivity index (χ0n) is 10.1. The lowest BCUT2D eigenvalue weighted by atomic mass is 10.0. The maximum atomic E-state index is 11.3. The average molecular weight is 187 g/mol. The number of rotatable bonds is 4. The van der Waals surface area contributed by atoms with Crippen molar-refractivity contribution in [2.24, 2.45) is 5.92 Å². The van der Waals surface area contributed by atoms with Gasteiger partial charge < -0.3 is 4.90 Å². The van der Waals surface area contributed by atoms with Crippen molar-refractivity contribution >= 4 is 5.91 Å². The Bertz CT molecular complexity index is 123. The molecule has 80 valence electrons. The van der Waals surface area contributed by atoms with Gasteiger partial charge in [0.15, 0.2) is 0 Å². The summed E-state index contributed by atoms with van der Waals surface area (Å²) in [5.41, 5.74) is 0. The minimum absolute atomic E-state index is 0.266. The Hall–Kier alpha value is -0.530. The Kier molecular flexibility index (Phi) is 11.0. The highest BCUT2D eigenvalue weighted by Gasteiger charge is 2.09. The maximum Gasteiger partial charge on any atom is 0.222 e. The molecule has 0 bridgehead atoms. The third-order valence-corrected chi connectivity index (χ3v) is 2.12. The number of carbonyl (C=O) groups is 1. The van der Waals surface area contributed by atoms with Crippen molar-refractivity contribution in [2.75, 3.05) is 13.6 Å². The van der Waals surface area contributed by atoms with Gasteiger partial charge in [-0.05, 0) is 12.8 Å². The van der Waals surface area contributed by atoms with E-state index in [9.17, 15) is 4.79 Å². The summed E-state index contributed by atoms with van der Waals surface area (Å²) < 4.78 is 0. The molecule has 0 N–H and O–H groups in total. The highest BCUT2D eigenvalue weighted by molar-refractivity contribution is 5.75. The molecule has 1 atom stereocenters. The van der Waals surface area contributed by atoms with Crippen molar-refractivity contribution in [1.82, 2.24) is 4.90 Å². The molecule has 0 rings (SSSR count). The lowest BCUT2D eigenvalue weighted by molar-refractivity contribution is -0.130. The van der Waals surface area contributed by atoms with E-state index >= 15 is 0 Å². The second-order valence-electron chi connectivity index (χ2n) is 3.13. The molecule has 0 aromatic carbocycles. The van der Waals surface area contributed by atoms with Crippen molar-refractivity contribution in [1.29, 1.82) is 0 Å². The molecule has 1 amide bonds. The van der Waals surface area contributed by atoms with Crippen LogP contribution in [0.2, 0.25) is 0 Å². The monoisotopic (exact) mass is 187 g/mol. The van der Waals surface area contributed by atoms with Gasteiger partial charge in [-0.15, -0.1) is 0 Å². The van der Waals surface area contributed by atoms with E-state index in [-0.39, 0.29) is 5.91 Å². The van der Waals surface area contributed by atoms with Crippen molar-refractivity contribution in [2.45, 2.75) is 47.5 Å². The van der Waals surface area contributed by atoms with Crippen LogP contribution in [0.5, 0.6) is 0 Å². The summed E-state index contributed by atoms with van der Waals surface area (Å²) in [7, 11) is 1.85. The normalized spacial score (nSPS) is 11.2. The predicted octanol–water partition coefficient (Wildman–Crippen LogP) is 2.93. The van der Waals surface area contributed by atoms with E-state index in [1.165, 1.54) is 0 Å². The second-order valence-corrected chi connectivity index (χ2v) is 3.13. The Balaban J connectivity index is 0. The van der Waals surface area contributed by atoms with Crippen LogP contribution in [0.3, 0.4) is 0 Å². The van der Waals surface area contributed by atoms with E-state index in [4.69, 9.17) is 0 Å². The molecule has 0 radical (unpaired) electrons. The van der Waals surface area contributed by atoms with Gasteiger partial charge >= 0.3 is 0 Å². The van der Waals surface area contributed by atoms with Gasteiger partial charge in [0.25, 0.3) is 0 Å². The summed E-state index contributed by atoms with van der Waals surface area (Å²) in [5, 5.41) is 0. The zero-order chi connectivity index (χ0) is 10.9. The third kappa shape index (κ3) is 7.82. The third-order valence-electron chi connectivity index (χ3n) is 2.12. The first-order chi connectivity index (χ1) is 6.11. The molecule has 2 heteroatoms. The number of amides is 1. The van der Waals surface area contributed by atoms with Crippen LogP contribution in [0.15, 0.2) is 0 Å². The molecular formula is C11H25NO. The number of nitrogens with zero attached hydrogens (tertiary/aromatic N) is 1. The molecule has 2 nitrogen and oxygen atoms in total. The van der Waals surface area contributed by atoms with Gasteiger partial charge in [-0.1, -0.05) is 34.1 Å². The first kappa shape index (κ1) is 15.0. The summed E-state index contributed by atoms with van der Waals surface area (Å²) in [6.07, 6.45) is 1.78. The minimum atomic E-state index is 0.266. The molecule has 0 aliphatic rings. The number of carbonyl (C=O) groups excluding carboxylic acids is 1. The number of hydrogen-bond donors (Lipinski definition) is 0. The van der Waals surface area contributed by atoms with Crippen molar-refractivity contribution in [3.8, 4) is 0 Å². The first-order valence-electron chi connectivity index (χ1n) is 5.35. The van der Waals surface area contributed by atoms with Crippen LogP contribution in [0.25, 0.3) is 0 Å².